The lowest BCUT2D eigenvalue weighted by Crippen LogP contribution is -2.29. The van der Waals surface area contributed by atoms with Crippen LogP contribution in [0.5, 0.6) is 0 Å². The average Bonchev–Trinajstić information content (AvgIpc) is 3.22. The molecule has 0 spiro atoms. The number of aromatic nitrogens is 3. The van der Waals surface area contributed by atoms with Crippen molar-refractivity contribution >= 4 is 16.8 Å². The minimum Gasteiger partial charge on any atom is -0.346 e. The number of aromatic amines is 1. The summed E-state index contributed by atoms with van der Waals surface area (Å²) >= 11 is 0. The van der Waals surface area contributed by atoms with Crippen LogP contribution < -0.4 is 0 Å². The lowest BCUT2D eigenvalue weighted by Gasteiger charge is -2.15. The van der Waals surface area contributed by atoms with Gasteiger partial charge in [0.2, 0.25) is 0 Å². The minimum atomic E-state index is 0.00142. The second kappa shape index (κ2) is 5.50. The summed E-state index contributed by atoms with van der Waals surface area (Å²) in [4.78, 5) is 26.8. The Hall–Kier alpha value is -2.69. The lowest BCUT2D eigenvalue weighted by molar-refractivity contribution is 0.0785. The van der Waals surface area contributed by atoms with E-state index in [0.717, 1.165) is 35.4 Å². The molecular weight excluding hydrogens is 288 g/mol. The molecule has 3 heterocycles. The van der Waals surface area contributed by atoms with Gasteiger partial charge >= 0.3 is 0 Å². The van der Waals surface area contributed by atoms with Gasteiger partial charge < -0.3 is 9.88 Å². The number of carbonyl (C=O) groups excluding carboxylic acids is 1. The van der Waals surface area contributed by atoms with Crippen LogP contribution in [-0.2, 0) is 0 Å². The van der Waals surface area contributed by atoms with Gasteiger partial charge in [-0.25, -0.2) is 9.97 Å². The van der Waals surface area contributed by atoms with E-state index in [9.17, 15) is 4.79 Å². The molecule has 23 heavy (non-hydrogen) atoms. The van der Waals surface area contributed by atoms with Gasteiger partial charge in [0.15, 0.2) is 0 Å². The number of nitrogens with zero attached hydrogens (tertiary/aromatic N) is 3. The van der Waals surface area contributed by atoms with Gasteiger partial charge in [-0.15, -0.1) is 0 Å². The van der Waals surface area contributed by atoms with Crippen LogP contribution in [0.1, 0.15) is 34.3 Å². The third-order valence-electron chi connectivity index (χ3n) is 4.40. The first-order valence-corrected chi connectivity index (χ1v) is 7.87. The second-order valence-electron chi connectivity index (χ2n) is 6.08. The molecule has 2 aromatic heterocycles. The van der Waals surface area contributed by atoms with Crippen LogP contribution in [0.3, 0.4) is 0 Å². The van der Waals surface area contributed by atoms with Crippen LogP contribution in [0, 0.1) is 6.92 Å². The van der Waals surface area contributed by atoms with Crippen LogP contribution >= 0.6 is 0 Å². The number of pyridine rings is 1. The topological polar surface area (TPSA) is 61.9 Å². The molecule has 0 aliphatic carbocycles. The van der Waals surface area contributed by atoms with Crippen molar-refractivity contribution in [3.05, 3.63) is 59.8 Å². The van der Waals surface area contributed by atoms with Crippen molar-refractivity contribution in [2.45, 2.75) is 19.3 Å². The van der Waals surface area contributed by atoms with Crippen molar-refractivity contribution in [2.24, 2.45) is 0 Å². The molecule has 0 unspecified atom stereocenters. The number of fused-ring (bicyclic) bond motifs is 1. The van der Waals surface area contributed by atoms with Crippen molar-refractivity contribution in [1.29, 1.82) is 0 Å². The first-order valence-electron chi connectivity index (χ1n) is 7.87. The number of imidazole rings is 1. The van der Waals surface area contributed by atoms with Gasteiger partial charge in [0.1, 0.15) is 11.5 Å². The van der Waals surface area contributed by atoms with E-state index in [-0.39, 0.29) is 11.8 Å². The summed E-state index contributed by atoms with van der Waals surface area (Å²) in [5, 5.41) is 1.05. The molecule has 1 aliphatic rings. The summed E-state index contributed by atoms with van der Waals surface area (Å²) in [6.07, 6.45) is 2.77. The van der Waals surface area contributed by atoms with Crippen molar-refractivity contribution in [2.75, 3.05) is 13.1 Å². The molecule has 0 saturated carbocycles. The van der Waals surface area contributed by atoms with Gasteiger partial charge in [0.25, 0.3) is 5.91 Å². The van der Waals surface area contributed by atoms with E-state index in [1.807, 2.05) is 54.4 Å². The molecule has 1 fully saturated rings. The van der Waals surface area contributed by atoms with Crippen LogP contribution in [0.25, 0.3) is 10.9 Å². The molecular formula is C18H18N4O. The van der Waals surface area contributed by atoms with E-state index in [1.165, 1.54) is 0 Å². The van der Waals surface area contributed by atoms with Gasteiger partial charge in [-0.3, -0.25) is 4.79 Å². The summed E-state index contributed by atoms with van der Waals surface area (Å²) in [6.45, 7) is 3.44. The van der Waals surface area contributed by atoms with Gasteiger partial charge in [0.05, 0.1) is 5.52 Å². The molecule has 4 rings (SSSR count). The molecule has 116 valence electrons. The minimum absolute atomic E-state index is 0.00142. The molecule has 1 saturated heterocycles. The standard InChI is InChI=1S/C18H18N4O/c1-12-10-19-17(20-12)14-8-9-22(11-14)18(23)16-7-6-13-4-2-3-5-15(13)21-16/h2-7,10,14H,8-9,11H2,1H3,(H,19,20)/t14-/m0/s1. The number of hydrogen-bond acceptors (Lipinski definition) is 3. The van der Waals surface area contributed by atoms with E-state index < -0.39 is 0 Å². The van der Waals surface area contributed by atoms with Crippen molar-refractivity contribution < 1.29 is 4.79 Å². The summed E-state index contributed by atoms with van der Waals surface area (Å²) in [7, 11) is 0. The number of aryl methyl sites for hydroxylation is 1. The molecule has 1 N–H and O–H groups in total. The summed E-state index contributed by atoms with van der Waals surface area (Å²) in [5.41, 5.74) is 2.43. The Morgan fingerprint density at radius 1 is 1.26 bits per heavy atom. The van der Waals surface area contributed by atoms with E-state index >= 15 is 0 Å². The zero-order valence-electron chi connectivity index (χ0n) is 13.0. The van der Waals surface area contributed by atoms with Crippen LogP contribution in [0.2, 0.25) is 0 Å². The molecule has 1 amide bonds. The molecule has 5 nitrogen and oxygen atoms in total. The quantitative estimate of drug-likeness (QED) is 0.792. The number of rotatable bonds is 2. The fraction of sp³-hybridized carbons (Fsp3) is 0.278. The number of amides is 1. The zero-order valence-corrected chi connectivity index (χ0v) is 13.0. The number of nitrogens with one attached hydrogen (secondary N) is 1. The first kappa shape index (κ1) is 13.9. The Morgan fingerprint density at radius 2 is 2.13 bits per heavy atom. The molecule has 1 aliphatic heterocycles. The smallest absolute Gasteiger partial charge is 0.272 e. The highest BCUT2D eigenvalue weighted by Crippen LogP contribution is 2.26. The Bertz CT molecular complexity index is 870. The van der Waals surface area contributed by atoms with Gasteiger partial charge in [-0.2, -0.15) is 0 Å². The van der Waals surface area contributed by atoms with Crippen molar-refractivity contribution in [3.8, 4) is 0 Å². The highest BCUT2D eigenvalue weighted by molar-refractivity contribution is 5.95. The Kier molecular flexibility index (Phi) is 3.33. The Balaban J connectivity index is 1.54. The number of hydrogen-bond donors (Lipinski definition) is 1. The van der Waals surface area contributed by atoms with Gasteiger partial charge in [-0.05, 0) is 25.5 Å². The fourth-order valence-corrected chi connectivity index (χ4v) is 3.16. The molecule has 5 heteroatoms. The maximum absolute atomic E-state index is 12.7. The van der Waals surface area contributed by atoms with Crippen LogP contribution in [-0.4, -0.2) is 38.8 Å². The lowest BCUT2D eigenvalue weighted by atomic mass is 10.1. The van der Waals surface area contributed by atoms with Gasteiger partial charge in [0, 0.05) is 36.3 Å². The highest BCUT2D eigenvalue weighted by Gasteiger charge is 2.30. The van der Waals surface area contributed by atoms with Gasteiger partial charge in [-0.1, -0.05) is 24.3 Å². The predicted molar refractivity (Wildman–Crippen MR) is 88.3 cm³/mol. The van der Waals surface area contributed by atoms with E-state index in [2.05, 4.69) is 15.0 Å². The van der Waals surface area contributed by atoms with Crippen LogP contribution in [0.15, 0.2) is 42.6 Å². The number of para-hydroxylation sites is 1. The molecule has 1 atom stereocenters. The normalized spacial score (nSPS) is 17.8. The maximum Gasteiger partial charge on any atom is 0.272 e. The maximum atomic E-state index is 12.7. The second-order valence-corrected chi connectivity index (χ2v) is 6.08. The monoisotopic (exact) mass is 306 g/mol. The average molecular weight is 306 g/mol. The highest BCUT2D eigenvalue weighted by atomic mass is 16.2. The SMILES string of the molecule is Cc1cnc([C@H]2CCN(C(=O)c3ccc4ccccc4n3)C2)[nH]1. The molecule has 3 aromatic rings. The number of carbonyl (C=O) groups is 1. The fourth-order valence-electron chi connectivity index (χ4n) is 3.16. The third kappa shape index (κ3) is 2.59. The predicted octanol–water partition coefficient (Wildman–Crippen LogP) is 2.90. The zero-order chi connectivity index (χ0) is 15.8. The number of benzene rings is 1. The van der Waals surface area contributed by atoms with Crippen molar-refractivity contribution in [1.82, 2.24) is 19.9 Å². The molecule has 0 radical (unpaired) electrons. The van der Waals surface area contributed by atoms with E-state index in [1.54, 1.807) is 0 Å². The Labute approximate surface area is 134 Å². The summed E-state index contributed by atoms with van der Waals surface area (Å²) < 4.78 is 0. The largest absolute Gasteiger partial charge is 0.346 e. The first-order chi connectivity index (χ1) is 11.2. The van der Waals surface area contributed by atoms with Crippen molar-refractivity contribution in [3.63, 3.8) is 0 Å². The van der Waals surface area contributed by atoms with E-state index in [4.69, 9.17) is 0 Å². The summed E-state index contributed by atoms with van der Waals surface area (Å²) in [6, 6.07) is 11.6. The van der Waals surface area contributed by atoms with Crippen LogP contribution in [0.4, 0.5) is 0 Å². The molecule has 1 aromatic carbocycles. The molecule has 0 bridgehead atoms. The third-order valence-corrected chi connectivity index (χ3v) is 4.40. The Morgan fingerprint density at radius 3 is 2.96 bits per heavy atom. The number of H-pyrrole nitrogens is 1. The van der Waals surface area contributed by atoms with E-state index in [0.29, 0.717) is 12.2 Å². The number of likely N-dealkylation sites (tertiary alicyclic amines) is 1. The summed E-state index contributed by atoms with van der Waals surface area (Å²) in [5.74, 6) is 1.26.